The predicted molar refractivity (Wildman–Crippen MR) is 94.5 cm³/mol. The Labute approximate surface area is 146 Å². The van der Waals surface area contributed by atoms with Crippen molar-refractivity contribution >= 4 is 23.2 Å². The lowest BCUT2D eigenvalue weighted by Gasteiger charge is -2.17. The van der Waals surface area contributed by atoms with E-state index >= 15 is 0 Å². The maximum absolute atomic E-state index is 12.4. The number of halogens is 1. The fourth-order valence-electron chi connectivity index (χ4n) is 2.14. The van der Waals surface area contributed by atoms with Gasteiger partial charge in [-0.15, -0.1) is 0 Å². The lowest BCUT2D eigenvalue weighted by Crippen LogP contribution is -2.30. The van der Waals surface area contributed by atoms with E-state index in [9.17, 15) is 4.79 Å². The van der Waals surface area contributed by atoms with Gasteiger partial charge in [0, 0.05) is 6.07 Å². The molecule has 0 fully saturated rings. The molecule has 0 radical (unpaired) electrons. The van der Waals surface area contributed by atoms with Crippen LogP contribution >= 0.6 is 11.6 Å². The van der Waals surface area contributed by atoms with E-state index in [2.05, 4.69) is 5.32 Å². The smallest absolute Gasteiger partial charge is 0.265 e. The minimum absolute atomic E-state index is 0.309. The van der Waals surface area contributed by atoms with Gasteiger partial charge < -0.3 is 19.5 Å². The van der Waals surface area contributed by atoms with Crippen LogP contribution in [-0.2, 0) is 4.79 Å². The van der Waals surface area contributed by atoms with Crippen molar-refractivity contribution in [2.75, 3.05) is 19.5 Å². The second-order valence-electron chi connectivity index (χ2n) is 5.25. The molecule has 2 rings (SSSR count). The Balaban J connectivity index is 2.12. The van der Waals surface area contributed by atoms with Gasteiger partial charge in [0.15, 0.2) is 6.10 Å². The number of nitrogens with one attached hydrogen (secondary N) is 1. The number of methoxy groups -OCH3 is 2. The summed E-state index contributed by atoms with van der Waals surface area (Å²) in [6, 6.07) is 10.7. The van der Waals surface area contributed by atoms with Crippen molar-refractivity contribution in [3.05, 3.63) is 47.0 Å². The first-order valence-corrected chi connectivity index (χ1v) is 7.78. The molecule has 6 heteroatoms. The minimum Gasteiger partial charge on any atom is -0.495 e. The van der Waals surface area contributed by atoms with Gasteiger partial charge in [0.1, 0.15) is 17.2 Å². The van der Waals surface area contributed by atoms with Crippen molar-refractivity contribution in [1.29, 1.82) is 0 Å². The van der Waals surface area contributed by atoms with Crippen molar-refractivity contribution in [3.8, 4) is 17.2 Å². The Hall–Kier alpha value is -2.40. The van der Waals surface area contributed by atoms with E-state index < -0.39 is 6.10 Å². The molecule has 1 amide bonds. The second kappa shape index (κ2) is 7.93. The summed E-state index contributed by atoms with van der Waals surface area (Å²) >= 11 is 6.11. The number of rotatable bonds is 6. The van der Waals surface area contributed by atoms with Crippen LogP contribution in [0, 0.1) is 6.92 Å². The number of anilines is 1. The number of hydrogen-bond donors (Lipinski definition) is 1. The standard InChI is InChI=1S/C18H20ClNO4/c1-11-6-5-7-13(8-11)24-12(2)18(21)20-15-9-14(19)16(22-3)10-17(15)23-4/h5-10,12H,1-4H3,(H,20,21)/t12-/m0/s1. The zero-order valence-corrected chi connectivity index (χ0v) is 14.8. The van der Waals surface area contributed by atoms with Crippen LogP contribution in [0.5, 0.6) is 17.2 Å². The van der Waals surface area contributed by atoms with Crippen molar-refractivity contribution in [2.24, 2.45) is 0 Å². The number of benzene rings is 2. The van der Waals surface area contributed by atoms with Crippen molar-refractivity contribution in [1.82, 2.24) is 0 Å². The van der Waals surface area contributed by atoms with Crippen LogP contribution in [0.1, 0.15) is 12.5 Å². The van der Waals surface area contributed by atoms with Crippen LogP contribution < -0.4 is 19.5 Å². The number of amides is 1. The Morgan fingerprint density at radius 3 is 2.46 bits per heavy atom. The van der Waals surface area contributed by atoms with Gasteiger partial charge in [-0.05, 0) is 37.6 Å². The molecule has 0 aromatic heterocycles. The summed E-state index contributed by atoms with van der Waals surface area (Å²) in [7, 11) is 3.02. The Morgan fingerprint density at radius 2 is 1.83 bits per heavy atom. The van der Waals surface area contributed by atoms with Gasteiger partial charge in [-0.1, -0.05) is 23.7 Å². The zero-order chi connectivity index (χ0) is 17.7. The molecule has 0 unspecified atom stereocenters. The quantitative estimate of drug-likeness (QED) is 0.854. The first kappa shape index (κ1) is 17.9. The lowest BCUT2D eigenvalue weighted by atomic mass is 10.2. The molecule has 0 aliphatic carbocycles. The maximum atomic E-state index is 12.4. The van der Waals surface area contributed by atoms with Crippen LogP contribution in [-0.4, -0.2) is 26.2 Å². The maximum Gasteiger partial charge on any atom is 0.265 e. The number of aryl methyl sites for hydroxylation is 1. The van der Waals surface area contributed by atoms with Gasteiger partial charge in [-0.25, -0.2) is 0 Å². The highest BCUT2D eigenvalue weighted by Crippen LogP contribution is 2.36. The van der Waals surface area contributed by atoms with Crippen LogP contribution in [0.3, 0.4) is 0 Å². The number of hydrogen-bond acceptors (Lipinski definition) is 4. The van der Waals surface area contributed by atoms with Gasteiger partial charge in [-0.3, -0.25) is 4.79 Å². The molecule has 0 aliphatic heterocycles. The average Bonchev–Trinajstić information content (AvgIpc) is 2.55. The third kappa shape index (κ3) is 4.32. The highest BCUT2D eigenvalue weighted by atomic mass is 35.5. The molecule has 24 heavy (non-hydrogen) atoms. The molecular formula is C18H20ClNO4. The van der Waals surface area contributed by atoms with E-state index in [-0.39, 0.29) is 5.91 Å². The van der Waals surface area contributed by atoms with E-state index in [1.54, 1.807) is 19.1 Å². The first-order chi connectivity index (χ1) is 11.4. The first-order valence-electron chi connectivity index (χ1n) is 7.40. The van der Waals surface area contributed by atoms with E-state index in [1.807, 2.05) is 31.2 Å². The summed E-state index contributed by atoms with van der Waals surface area (Å²) in [4.78, 5) is 12.4. The highest BCUT2D eigenvalue weighted by Gasteiger charge is 2.18. The van der Waals surface area contributed by atoms with Gasteiger partial charge in [-0.2, -0.15) is 0 Å². The molecule has 0 aliphatic rings. The van der Waals surface area contributed by atoms with E-state index in [0.29, 0.717) is 28.0 Å². The SMILES string of the molecule is COc1cc(OC)c(NC(=O)[C@H](C)Oc2cccc(C)c2)cc1Cl. The minimum atomic E-state index is -0.683. The fourth-order valence-corrected chi connectivity index (χ4v) is 2.38. The molecule has 1 N–H and O–H groups in total. The second-order valence-corrected chi connectivity index (χ2v) is 5.66. The average molecular weight is 350 g/mol. The molecule has 2 aromatic rings. The van der Waals surface area contributed by atoms with Gasteiger partial charge in [0.2, 0.25) is 0 Å². The van der Waals surface area contributed by atoms with E-state index in [0.717, 1.165) is 5.56 Å². The predicted octanol–water partition coefficient (Wildman–Crippen LogP) is 4.07. The normalized spacial score (nSPS) is 11.5. The fraction of sp³-hybridized carbons (Fsp3) is 0.278. The Kier molecular flexibility index (Phi) is 5.93. The van der Waals surface area contributed by atoms with Crippen molar-refractivity contribution in [3.63, 3.8) is 0 Å². The number of carbonyl (C=O) groups excluding carboxylic acids is 1. The third-order valence-electron chi connectivity index (χ3n) is 3.40. The highest BCUT2D eigenvalue weighted by molar-refractivity contribution is 6.32. The molecule has 1 atom stereocenters. The number of ether oxygens (including phenoxy) is 3. The summed E-state index contributed by atoms with van der Waals surface area (Å²) in [6.45, 7) is 3.64. The van der Waals surface area contributed by atoms with Crippen LogP contribution in [0.15, 0.2) is 36.4 Å². The van der Waals surface area contributed by atoms with Crippen LogP contribution in [0.4, 0.5) is 5.69 Å². The molecule has 0 bridgehead atoms. The Bertz CT molecular complexity index is 733. The third-order valence-corrected chi connectivity index (χ3v) is 3.70. The molecule has 5 nitrogen and oxygen atoms in total. The van der Waals surface area contributed by atoms with Gasteiger partial charge in [0.25, 0.3) is 5.91 Å². The van der Waals surface area contributed by atoms with Gasteiger partial charge in [0.05, 0.1) is 24.9 Å². The number of carbonyl (C=O) groups is 1. The molecule has 2 aromatic carbocycles. The van der Waals surface area contributed by atoms with E-state index in [4.69, 9.17) is 25.8 Å². The lowest BCUT2D eigenvalue weighted by molar-refractivity contribution is -0.122. The summed E-state index contributed by atoms with van der Waals surface area (Å²) < 4.78 is 16.1. The molecule has 0 saturated heterocycles. The van der Waals surface area contributed by atoms with Crippen molar-refractivity contribution < 1.29 is 19.0 Å². The van der Waals surface area contributed by atoms with E-state index in [1.165, 1.54) is 14.2 Å². The molecule has 0 heterocycles. The zero-order valence-electron chi connectivity index (χ0n) is 14.1. The molecular weight excluding hydrogens is 330 g/mol. The van der Waals surface area contributed by atoms with Crippen molar-refractivity contribution in [2.45, 2.75) is 20.0 Å². The largest absolute Gasteiger partial charge is 0.495 e. The molecule has 0 spiro atoms. The molecule has 0 saturated carbocycles. The monoisotopic (exact) mass is 349 g/mol. The summed E-state index contributed by atoms with van der Waals surface area (Å²) in [5, 5.41) is 3.14. The van der Waals surface area contributed by atoms with Crippen LogP contribution in [0.2, 0.25) is 5.02 Å². The van der Waals surface area contributed by atoms with Crippen LogP contribution in [0.25, 0.3) is 0 Å². The van der Waals surface area contributed by atoms with Gasteiger partial charge >= 0.3 is 0 Å². The summed E-state index contributed by atoms with van der Waals surface area (Å²) in [5.41, 5.74) is 1.51. The summed E-state index contributed by atoms with van der Waals surface area (Å²) in [6.07, 6.45) is -0.683. The Morgan fingerprint density at radius 1 is 1.12 bits per heavy atom. The summed E-state index contributed by atoms with van der Waals surface area (Å²) in [5.74, 6) is 1.25. The topological polar surface area (TPSA) is 56.8 Å². The molecule has 128 valence electrons.